The number of esters is 1. The average molecular weight is 438 g/mol. The van der Waals surface area contributed by atoms with Crippen LogP contribution in [0.15, 0.2) is 47.5 Å². The minimum Gasteiger partial charge on any atom is -0.481 e. The lowest BCUT2D eigenvalue weighted by molar-refractivity contribution is -0.135. The molecule has 1 aromatic carbocycles. The van der Waals surface area contributed by atoms with E-state index in [9.17, 15) is 14.4 Å². The molecular formula is C23H26N4O5. The van der Waals surface area contributed by atoms with Gasteiger partial charge in [-0.3, -0.25) is 9.59 Å². The molecule has 4 rings (SSSR count). The number of methoxy groups -OCH3 is 1. The van der Waals surface area contributed by atoms with Crippen LogP contribution in [0.5, 0.6) is 5.75 Å². The van der Waals surface area contributed by atoms with Gasteiger partial charge in [0.05, 0.1) is 7.11 Å². The van der Waals surface area contributed by atoms with Crippen LogP contribution in [0.2, 0.25) is 0 Å². The van der Waals surface area contributed by atoms with Crippen molar-refractivity contribution < 1.29 is 19.1 Å². The largest absolute Gasteiger partial charge is 0.481 e. The summed E-state index contributed by atoms with van der Waals surface area (Å²) in [5.41, 5.74) is 0.0858. The molecule has 3 aromatic rings. The van der Waals surface area contributed by atoms with E-state index in [2.05, 4.69) is 4.98 Å². The van der Waals surface area contributed by atoms with E-state index in [-0.39, 0.29) is 42.3 Å². The Morgan fingerprint density at radius 2 is 1.94 bits per heavy atom. The monoisotopic (exact) mass is 438 g/mol. The van der Waals surface area contributed by atoms with Gasteiger partial charge in [-0.1, -0.05) is 30.3 Å². The van der Waals surface area contributed by atoms with Crippen molar-refractivity contribution in [1.82, 2.24) is 18.9 Å². The zero-order chi connectivity index (χ0) is 22.7. The van der Waals surface area contributed by atoms with Crippen LogP contribution in [-0.2, 0) is 22.7 Å². The van der Waals surface area contributed by atoms with Crippen LogP contribution < -0.4 is 10.3 Å². The molecule has 1 aliphatic rings. The number of amides is 1. The first kappa shape index (κ1) is 21.6. The number of benzene rings is 1. The number of piperidine rings is 1. The number of hydrogen-bond acceptors (Lipinski definition) is 6. The molecule has 168 valence electrons. The highest BCUT2D eigenvalue weighted by molar-refractivity contribution is 5.90. The molecule has 0 bridgehead atoms. The van der Waals surface area contributed by atoms with E-state index >= 15 is 0 Å². The minimum atomic E-state index is -0.781. The predicted molar refractivity (Wildman–Crippen MR) is 117 cm³/mol. The van der Waals surface area contributed by atoms with Gasteiger partial charge in [-0.15, -0.1) is 0 Å². The lowest BCUT2D eigenvalue weighted by Crippen LogP contribution is -2.43. The van der Waals surface area contributed by atoms with Crippen LogP contribution in [0.1, 0.15) is 42.2 Å². The van der Waals surface area contributed by atoms with Gasteiger partial charge >= 0.3 is 11.5 Å². The number of imidazole rings is 1. The van der Waals surface area contributed by atoms with E-state index in [0.29, 0.717) is 0 Å². The molecule has 2 aromatic heterocycles. The third-order valence-corrected chi connectivity index (χ3v) is 5.74. The Hall–Kier alpha value is -3.62. The van der Waals surface area contributed by atoms with E-state index < -0.39 is 11.5 Å². The molecule has 1 atom stereocenters. The molecule has 3 heterocycles. The molecule has 0 saturated carbocycles. The summed E-state index contributed by atoms with van der Waals surface area (Å²) in [5.74, 6) is -0.836. The van der Waals surface area contributed by atoms with Gasteiger partial charge in [-0.25, -0.2) is 14.2 Å². The summed E-state index contributed by atoms with van der Waals surface area (Å²) in [6.07, 6.45) is 6.20. The Bertz CT molecular complexity index is 1180. The van der Waals surface area contributed by atoms with Gasteiger partial charge in [-0.2, -0.15) is 0 Å². The number of rotatable bonds is 6. The van der Waals surface area contributed by atoms with Crippen molar-refractivity contribution in [2.45, 2.75) is 45.4 Å². The molecule has 1 saturated heterocycles. The highest BCUT2D eigenvalue weighted by atomic mass is 16.5. The maximum absolute atomic E-state index is 13.1. The molecule has 1 aliphatic heterocycles. The summed E-state index contributed by atoms with van der Waals surface area (Å²) < 4.78 is 13.4. The number of fused-ring (bicyclic) bond motifs is 1. The number of aromatic nitrogens is 3. The maximum atomic E-state index is 13.1. The standard InChI is InChI=1S/C23H26N4O5/c1-16-8-6-7-11-26(16)18(28)14-25-12-13-27-21(29)20(19(22(30)31-2)24-23(25)27)32-15-17-9-4-3-5-10-17/h3-5,9-10,12-13,16H,6-8,11,14-15H2,1-2H3. The van der Waals surface area contributed by atoms with Crippen LogP contribution in [0.25, 0.3) is 5.78 Å². The molecule has 0 spiro atoms. The van der Waals surface area contributed by atoms with Gasteiger partial charge in [0.15, 0.2) is 5.69 Å². The summed E-state index contributed by atoms with van der Waals surface area (Å²) in [5, 5.41) is 0. The van der Waals surface area contributed by atoms with Crippen LogP contribution in [0.3, 0.4) is 0 Å². The second kappa shape index (κ2) is 9.25. The Kier molecular flexibility index (Phi) is 6.25. The Balaban J connectivity index is 1.67. The van der Waals surface area contributed by atoms with E-state index in [1.54, 1.807) is 10.8 Å². The zero-order valence-electron chi connectivity index (χ0n) is 18.2. The minimum absolute atomic E-state index is 0.0259. The Morgan fingerprint density at radius 3 is 2.66 bits per heavy atom. The third kappa shape index (κ3) is 4.23. The van der Waals surface area contributed by atoms with Gasteiger partial charge < -0.3 is 18.9 Å². The molecule has 0 aliphatic carbocycles. The van der Waals surface area contributed by atoms with Gasteiger partial charge in [-0.05, 0) is 31.7 Å². The van der Waals surface area contributed by atoms with E-state index in [0.717, 1.165) is 31.4 Å². The van der Waals surface area contributed by atoms with Crippen LogP contribution in [-0.4, -0.2) is 50.4 Å². The number of nitrogens with zero attached hydrogens (tertiary/aromatic N) is 4. The topological polar surface area (TPSA) is 95.1 Å². The molecule has 0 N–H and O–H groups in total. The van der Waals surface area contributed by atoms with Gasteiger partial charge in [0.2, 0.25) is 17.4 Å². The number of likely N-dealkylation sites (tertiary alicyclic amines) is 1. The normalized spacial score (nSPS) is 16.2. The van der Waals surface area contributed by atoms with Gasteiger partial charge in [0, 0.05) is 25.0 Å². The summed E-state index contributed by atoms with van der Waals surface area (Å²) in [7, 11) is 1.22. The fourth-order valence-electron chi connectivity index (χ4n) is 3.98. The van der Waals surface area contributed by atoms with Crippen LogP contribution in [0.4, 0.5) is 0 Å². The highest BCUT2D eigenvalue weighted by Crippen LogP contribution is 2.19. The molecule has 9 nitrogen and oxygen atoms in total. The number of carbonyl (C=O) groups excluding carboxylic acids is 2. The van der Waals surface area contributed by atoms with Gasteiger partial charge in [0.25, 0.3) is 0 Å². The van der Waals surface area contributed by atoms with E-state index in [1.807, 2.05) is 42.2 Å². The summed E-state index contributed by atoms with van der Waals surface area (Å²) in [6, 6.07) is 9.47. The molecule has 1 fully saturated rings. The number of ether oxygens (including phenoxy) is 2. The summed E-state index contributed by atoms with van der Waals surface area (Å²) in [4.78, 5) is 44.6. The predicted octanol–water partition coefficient (Wildman–Crippen LogP) is 2.26. The van der Waals surface area contributed by atoms with Crippen molar-refractivity contribution in [3.63, 3.8) is 0 Å². The fourth-order valence-corrected chi connectivity index (χ4v) is 3.98. The smallest absolute Gasteiger partial charge is 0.360 e. The lowest BCUT2D eigenvalue weighted by Gasteiger charge is -2.33. The first-order valence-corrected chi connectivity index (χ1v) is 10.7. The van der Waals surface area contributed by atoms with E-state index in [1.165, 1.54) is 17.7 Å². The SMILES string of the molecule is COC(=O)c1nc2n(CC(=O)N3CCCCC3C)ccn2c(=O)c1OCc1ccccc1. The fraction of sp³-hybridized carbons (Fsp3) is 0.391. The zero-order valence-corrected chi connectivity index (χ0v) is 18.2. The van der Waals surface area contributed by atoms with E-state index in [4.69, 9.17) is 9.47 Å². The van der Waals surface area contributed by atoms with Gasteiger partial charge in [0.1, 0.15) is 13.2 Å². The summed E-state index contributed by atoms with van der Waals surface area (Å²) >= 11 is 0. The van der Waals surface area contributed by atoms with Crippen molar-refractivity contribution in [1.29, 1.82) is 0 Å². The maximum Gasteiger partial charge on any atom is 0.360 e. The lowest BCUT2D eigenvalue weighted by atomic mass is 10.0. The van der Waals surface area contributed by atoms with Crippen LogP contribution in [0, 0.1) is 0 Å². The third-order valence-electron chi connectivity index (χ3n) is 5.74. The molecular weight excluding hydrogens is 412 g/mol. The first-order chi connectivity index (χ1) is 15.5. The molecule has 1 amide bonds. The van der Waals surface area contributed by atoms with Crippen molar-refractivity contribution in [3.05, 3.63) is 64.3 Å². The Morgan fingerprint density at radius 1 is 1.16 bits per heavy atom. The Labute approximate surface area is 185 Å². The van der Waals surface area contributed by atoms with Crippen molar-refractivity contribution in [3.8, 4) is 5.75 Å². The van der Waals surface area contributed by atoms with Crippen molar-refractivity contribution in [2.75, 3.05) is 13.7 Å². The molecule has 0 radical (unpaired) electrons. The summed E-state index contributed by atoms with van der Waals surface area (Å²) in [6.45, 7) is 2.88. The number of hydrogen-bond donors (Lipinski definition) is 0. The van der Waals surface area contributed by atoms with Crippen molar-refractivity contribution in [2.24, 2.45) is 0 Å². The second-order valence-electron chi connectivity index (χ2n) is 7.89. The van der Waals surface area contributed by atoms with Crippen LogP contribution >= 0.6 is 0 Å². The quantitative estimate of drug-likeness (QED) is 0.548. The average Bonchev–Trinajstić information content (AvgIpc) is 3.21. The van der Waals surface area contributed by atoms with Crippen molar-refractivity contribution >= 4 is 17.7 Å². The first-order valence-electron chi connectivity index (χ1n) is 10.7. The molecule has 9 heteroatoms. The second-order valence-corrected chi connectivity index (χ2v) is 7.89. The highest BCUT2D eigenvalue weighted by Gasteiger charge is 2.26. The number of carbonyl (C=O) groups is 2. The molecule has 32 heavy (non-hydrogen) atoms. The molecule has 1 unspecified atom stereocenters.